The fourth-order valence-electron chi connectivity index (χ4n) is 1.91. The van der Waals surface area contributed by atoms with Crippen molar-refractivity contribution in [1.82, 2.24) is 4.98 Å². The summed E-state index contributed by atoms with van der Waals surface area (Å²) in [4.78, 5) is 4.41. The Balaban J connectivity index is 0.000000963. The molecule has 0 aliphatic carbocycles. The van der Waals surface area contributed by atoms with Gasteiger partial charge < -0.3 is 4.98 Å². The molecule has 0 N–H and O–H groups in total. The first-order valence-corrected chi connectivity index (χ1v) is 5.00. The van der Waals surface area contributed by atoms with Gasteiger partial charge in [-0.25, -0.2) is 0 Å². The molecule has 0 aliphatic heterocycles. The zero-order chi connectivity index (χ0) is 10.3. The molecule has 0 amide bonds. The number of aromatic nitrogens is 1. The standard InChI is InChI=1S/C14H10N.Ir/c1-10-4-7-13-12(9-10)6-5-11-3-2-8-15-14(11)13;/h2-6,8-9H,1H3;/q-1;. The van der Waals surface area contributed by atoms with Gasteiger partial charge in [0.2, 0.25) is 0 Å². The molecule has 0 spiro atoms. The van der Waals surface area contributed by atoms with Crippen LogP contribution >= 0.6 is 0 Å². The molecule has 0 saturated carbocycles. The van der Waals surface area contributed by atoms with Gasteiger partial charge in [-0.3, -0.25) is 0 Å². The minimum absolute atomic E-state index is 0. The molecule has 1 nitrogen and oxygen atoms in total. The fourth-order valence-corrected chi connectivity index (χ4v) is 1.91. The molecule has 0 aliphatic rings. The van der Waals surface area contributed by atoms with Gasteiger partial charge in [0.15, 0.2) is 0 Å². The molecule has 0 unspecified atom stereocenters. The number of fused-ring (bicyclic) bond motifs is 3. The SMILES string of the molecule is Cc1c[c-]c2c(ccc3cccnc32)c1.[Ir]. The molecular weight excluding hydrogens is 374 g/mol. The molecular formula is C14H10IrN-. The molecule has 16 heavy (non-hydrogen) atoms. The number of aryl methyl sites for hydroxylation is 1. The fraction of sp³-hybridized carbons (Fsp3) is 0.0714. The van der Waals surface area contributed by atoms with Gasteiger partial charge in [-0.05, 0) is 17.0 Å². The van der Waals surface area contributed by atoms with Gasteiger partial charge in [-0.15, -0.1) is 34.5 Å². The summed E-state index contributed by atoms with van der Waals surface area (Å²) in [7, 11) is 0. The number of rotatable bonds is 0. The Morgan fingerprint density at radius 3 is 2.81 bits per heavy atom. The van der Waals surface area contributed by atoms with E-state index in [4.69, 9.17) is 0 Å². The van der Waals surface area contributed by atoms with Crippen LogP contribution in [0, 0.1) is 13.0 Å². The van der Waals surface area contributed by atoms with Crippen molar-refractivity contribution in [1.29, 1.82) is 0 Å². The van der Waals surface area contributed by atoms with Crippen LogP contribution in [0.15, 0.2) is 42.6 Å². The van der Waals surface area contributed by atoms with E-state index in [1.165, 1.54) is 16.3 Å². The first-order valence-electron chi connectivity index (χ1n) is 5.00. The maximum Gasteiger partial charge on any atom is 0.0161 e. The summed E-state index contributed by atoms with van der Waals surface area (Å²) in [6.07, 6.45) is 1.83. The van der Waals surface area contributed by atoms with Gasteiger partial charge in [-0.2, -0.15) is 0 Å². The van der Waals surface area contributed by atoms with E-state index in [1.54, 1.807) is 0 Å². The monoisotopic (exact) mass is 385 g/mol. The first kappa shape index (κ1) is 11.3. The maximum absolute atomic E-state index is 4.41. The molecule has 1 radical (unpaired) electrons. The van der Waals surface area contributed by atoms with Crippen LogP contribution in [-0.2, 0) is 20.1 Å². The summed E-state index contributed by atoms with van der Waals surface area (Å²) in [5.74, 6) is 0. The quantitative estimate of drug-likeness (QED) is 0.427. The second-order valence-corrected chi connectivity index (χ2v) is 3.78. The van der Waals surface area contributed by atoms with Crippen LogP contribution in [0.3, 0.4) is 0 Å². The summed E-state index contributed by atoms with van der Waals surface area (Å²) in [5, 5.41) is 3.49. The van der Waals surface area contributed by atoms with E-state index in [0.717, 1.165) is 10.9 Å². The van der Waals surface area contributed by atoms with Crippen LogP contribution in [-0.4, -0.2) is 4.98 Å². The average molecular weight is 384 g/mol. The third kappa shape index (κ3) is 1.75. The molecule has 0 atom stereocenters. The summed E-state index contributed by atoms with van der Waals surface area (Å²) < 4.78 is 0. The first-order chi connectivity index (χ1) is 7.34. The second kappa shape index (κ2) is 4.32. The Kier molecular flexibility index (Phi) is 3.04. The molecule has 2 heteroatoms. The van der Waals surface area contributed by atoms with Crippen LogP contribution < -0.4 is 0 Å². The van der Waals surface area contributed by atoms with Crippen molar-refractivity contribution in [2.45, 2.75) is 6.92 Å². The van der Waals surface area contributed by atoms with E-state index in [1.807, 2.05) is 18.3 Å². The Labute approximate surface area is 108 Å². The smallest absolute Gasteiger partial charge is 0.0161 e. The van der Waals surface area contributed by atoms with E-state index in [0.29, 0.717) is 0 Å². The molecule has 3 aromatic rings. The third-order valence-corrected chi connectivity index (χ3v) is 2.63. The zero-order valence-electron chi connectivity index (χ0n) is 8.82. The third-order valence-electron chi connectivity index (χ3n) is 2.63. The Hall–Kier alpha value is -1.24. The van der Waals surface area contributed by atoms with Crippen molar-refractivity contribution in [3.05, 3.63) is 54.2 Å². The summed E-state index contributed by atoms with van der Waals surface area (Å²) >= 11 is 0. The molecule has 81 valence electrons. The predicted molar refractivity (Wildman–Crippen MR) is 62.8 cm³/mol. The van der Waals surface area contributed by atoms with Crippen LogP contribution in [0.4, 0.5) is 0 Å². The van der Waals surface area contributed by atoms with Gasteiger partial charge in [0, 0.05) is 26.3 Å². The van der Waals surface area contributed by atoms with Gasteiger partial charge in [0.05, 0.1) is 0 Å². The molecule has 3 rings (SSSR count). The van der Waals surface area contributed by atoms with Crippen molar-refractivity contribution in [2.75, 3.05) is 0 Å². The topological polar surface area (TPSA) is 12.9 Å². The van der Waals surface area contributed by atoms with E-state index in [-0.39, 0.29) is 20.1 Å². The van der Waals surface area contributed by atoms with Crippen molar-refractivity contribution in [2.24, 2.45) is 0 Å². The maximum atomic E-state index is 4.41. The number of hydrogen-bond acceptors (Lipinski definition) is 1. The zero-order valence-corrected chi connectivity index (χ0v) is 11.2. The summed E-state index contributed by atoms with van der Waals surface area (Å²) in [6, 6.07) is 15.8. The Morgan fingerprint density at radius 2 is 1.94 bits per heavy atom. The van der Waals surface area contributed by atoms with E-state index < -0.39 is 0 Å². The second-order valence-electron chi connectivity index (χ2n) is 3.78. The minimum atomic E-state index is 0. The van der Waals surface area contributed by atoms with Gasteiger partial charge in [0.25, 0.3) is 0 Å². The van der Waals surface area contributed by atoms with E-state index in [2.05, 4.69) is 42.2 Å². The Bertz CT molecular complexity index is 646. The molecule has 0 fully saturated rings. The Morgan fingerprint density at radius 1 is 1.12 bits per heavy atom. The molecule has 2 aromatic carbocycles. The van der Waals surface area contributed by atoms with Gasteiger partial charge in [0.1, 0.15) is 0 Å². The molecule has 1 aromatic heterocycles. The number of pyridine rings is 1. The number of hydrogen-bond donors (Lipinski definition) is 0. The van der Waals surface area contributed by atoms with Crippen molar-refractivity contribution in [3.8, 4) is 0 Å². The van der Waals surface area contributed by atoms with Crippen molar-refractivity contribution in [3.63, 3.8) is 0 Å². The molecule has 0 bridgehead atoms. The largest absolute Gasteiger partial charge is 0.304 e. The van der Waals surface area contributed by atoms with Crippen LogP contribution in [0.25, 0.3) is 21.7 Å². The van der Waals surface area contributed by atoms with Crippen molar-refractivity contribution >= 4 is 21.7 Å². The van der Waals surface area contributed by atoms with E-state index in [9.17, 15) is 0 Å². The van der Waals surface area contributed by atoms with Crippen LogP contribution in [0.1, 0.15) is 5.56 Å². The number of benzene rings is 2. The minimum Gasteiger partial charge on any atom is -0.304 e. The van der Waals surface area contributed by atoms with Gasteiger partial charge in [-0.1, -0.05) is 25.1 Å². The average Bonchev–Trinajstić information content (AvgIpc) is 2.28. The van der Waals surface area contributed by atoms with Crippen LogP contribution in [0.2, 0.25) is 0 Å². The van der Waals surface area contributed by atoms with E-state index >= 15 is 0 Å². The molecule has 1 heterocycles. The van der Waals surface area contributed by atoms with Gasteiger partial charge >= 0.3 is 0 Å². The van der Waals surface area contributed by atoms with Crippen LogP contribution in [0.5, 0.6) is 0 Å². The van der Waals surface area contributed by atoms with Crippen molar-refractivity contribution < 1.29 is 20.1 Å². The number of nitrogens with zero attached hydrogens (tertiary/aromatic N) is 1. The normalized spacial score (nSPS) is 10.3. The molecule has 0 saturated heterocycles. The predicted octanol–water partition coefficient (Wildman–Crippen LogP) is 3.49. The summed E-state index contributed by atoms with van der Waals surface area (Å²) in [6.45, 7) is 2.08. The summed E-state index contributed by atoms with van der Waals surface area (Å²) in [5.41, 5.74) is 2.27.